The predicted molar refractivity (Wildman–Crippen MR) is 110 cm³/mol. The third-order valence-corrected chi connectivity index (χ3v) is 5.99. The van der Waals surface area contributed by atoms with Gasteiger partial charge < -0.3 is 14.6 Å². The summed E-state index contributed by atoms with van der Waals surface area (Å²) in [4.78, 5) is 15.2. The van der Waals surface area contributed by atoms with Gasteiger partial charge in [-0.1, -0.05) is 11.6 Å². The zero-order valence-corrected chi connectivity index (χ0v) is 16.4. The topological polar surface area (TPSA) is 69.3 Å². The summed E-state index contributed by atoms with van der Waals surface area (Å²) in [6, 6.07) is 7.53. The average molecular weight is 412 g/mol. The lowest BCUT2D eigenvalue weighted by atomic mass is 9.90. The molecule has 5 rings (SSSR count). The number of amides is 1. The van der Waals surface area contributed by atoms with Crippen LogP contribution in [0.15, 0.2) is 34.7 Å². The fourth-order valence-corrected chi connectivity index (χ4v) is 4.63. The number of nitrogens with zero attached hydrogens (tertiary/aromatic N) is 1. The fourth-order valence-electron chi connectivity index (χ4n) is 4.41. The minimum Gasteiger partial charge on any atom is -0.438 e. The summed E-state index contributed by atoms with van der Waals surface area (Å²) in [5, 5.41) is 11.9. The Kier molecular flexibility index (Phi) is 4.32. The van der Waals surface area contributed by atoms with Crippen LogP contribution in [0.5, 0.6) is 0 Å². The molecule has 7 heteroatoms. The molecule has 0 bridgehead atoms. The molecule has 0 fully saturated rings. The lowest BCUT2D eigenvalue weighted by molar-refractivity contribution is 0.102. The van der Waals surface area contributed by atoms with Crippen molar-refractivity contribution >= 4 is 39.9 Å². The second-order valence-electron chi connectivity index (χ2n) is 7.54. The third kappa shape index (κ3) is 3.08. The minimum absolute atomic E-state index is 0.0983. The number of hydrogen-bond acceptors (Lipinski definition) is 4. The van der Waals surface area contributed by atoms with Gasteiger partial charge in [-0.25, -0.2) is 4.39 Å². The van der Waals surface area contributed by atoms with E-state index in [0.717, 1.165) is 55.8 Å². The Morgan fingerprint density at radius 3 is 2.76 bits per heavy atom. The fraction of sp³-hybridized carbons (Fsp3) is 0.273. The van der Waals surface area contributed by atoms with Crippen LogP contribution in [0, 0.1) is 11.2 Å². The number of nitrogens with one attached hydrogen (secondary N) is 2. The second-order valence-corrected chi connectivity index (χ2v) is 7.95. The average Bonchev–Trinajstić information content (AvgIpc) is 2.70. The van der Waals surface area contributed by atoms with Gasteiger partial charge in [-0.05, 0) is 61.6 Å². The Hall–Kier alpha value is -2.86. The first-order chi connectivity index (χ1) is 14.0. The third-order valence-electron chi connectivity index (χ3n) is 5.67. The highest BCUT2D eigenvalue weighted by molar-refractivity contribution is 6.33. The number of carbonyl (C=O) groups excluding carboxylic acids is 1. The Balaban J connectivity index is 1.59. The molecule has 3 heterocycles. The van der Waals surface area contributed by atoms with Gasteiger partial charge in [0.25, 0.3) is 5.91 Å². The lowest BCUT2D eigenvalue weighted by Gasteiger charge is -2.37. The van der Waals surface area contributed by atoms with E-state index in [1.165, 1.54) is 23.4 Å². The number of aryl methyl sites for hydroxylation is 2. The minimum atomic E-state index is -0.512. The second kappa shape index (κ2) is 6.88. The van der Waals surface area contributed by atoms with Crippen LogP contribution in [0.25, 0.3) is 11.0 Å². The number of hydrogen-bond donors (Lipinski definition) is 2. The van der Waals surface area contributed by atoms with E-state index < -0.39 is 11.7 Å². The highest BCUT2D eigenvalue weighted by atomic mass is 35.5. The van der Waals surface area contributed by atoms with E-state index in [9.17, 15) is 9.18 Å². The smallest absolute Gasteiger partial charge is 0.261 e. The highest BCUT2D eigenvalue weighted by Crippen LogP contribution is 2.39. The van der Waals surface area contributed by atoms with Gasteiger partial charge in [0.2, 0.25) is 5.55 Å². The molecule has 5 nitrogen and oxygen atoms in total. The first-order valence-electron chi connectivity index (χ1n) is 9.70. The molecule has 0 spiro atoms. The summed E-state index contributed by atoms with van der Waals surface area (Å²) in [6.45, 7) is 2.11. The number of benzene rings is 2. The van der Waals surface area contributed by atoms with Gasteiger partial charge in [0.15, 0.2) is 0 Å². The van der Waals surface area contributed by atoms with E-state index in [4.69, 9.17) is 21.4 Å². The maximum Gasteiger partial charge on any atom is 0.261 e. The van der Waals surface area contributed by atoms with Gasteiger partial charge in [-0.15, -0.1) is 0 Å². The summed E-state index contributed by atoms with van der Waals surface area (Å²) in [5.41, 5.74) is 4.58. The van der Waals surface area contributed by atoms with E-state index in [-0.39, 0.29) is 21.8 Å². The van der Waals surface area contributed by atoms with Gasteiger partial charge in [-0.3, -0.25) is 10.2 Å². The van der Waals surface area contributed by atoms with E-state index in [2.05, 4.69) is 16.3 Å². The van der Waals surface area contributed by atoms with Gasteiger partial charge in [0, 0.05) is 29.7 Å². The largest absolute Gasteiger partial charge is 0.438 e. The highest BCUT2D eigenvalue weighted by Gasteiger charge is 2.27. The zero-order valence-electron chi connectivity index (χ0n) is 15.6. The molecule has 29 heavy (non-hydrogen) atoms. The van der Waals surface area contributed by atoms with Crippen molar-refractivity contribution in [2.24, 2.45) is 0 Å². The standard InChI is InChI=1S/C22H19ClFN3O2/c23-17-11-14(24)5-6-18(17)26-22(28)16-10-13-9-12-3-1-7-27-8-2-4-15(19(12)27)20(13)29-21(16)25/h5-6,9-11,25H,1-4,7-8H2,(H,26,28). The van der Waals surface area contributed by atoms with Crippen LogP contribution in [0.3, 0.4) is 0 Å². The molecule has 0 unspecified atom stereocenters. The first kappa shape index (κ1) is 18.2. The summed E-state index contributed by atoms with van der Waals surface area (Å²) < 4.78 is 19.1. The molecule has 0 radical (unpaired) electrons. The zero-order chi connectivity index (χ0) is 20.1. The van der Waals surface area contributed by atoms with Crippen molar-refractivity contribution in [1.82, 2.24) is 0 Å². The van der Waals surface area contributed by atoms with Crippen molar-refractivity contribution < 1.29 is 13.6 Å². The maximum absolute atomic E-state index is 13.2. The molecule has 0 aliphatic carbocycles. The van der Waals surface area contributed by atoms with E-state index >= 15 is 0 Å². The number of rotatable bonds is 2. The van der Waals surface area contributed by atoms with Crippen molar-refractivity contribution in [3.63, 3.8) is 0 Å². The number of fused-ring (bicyclic) bond motifs is 2. The molecule has 1 amide bonds. The van der Waals surface area contributed by atoms with Crippen LogP contribution < -0.4 is 15.8 Å². The van der Waals surface area contributed by atoms with Crippen molar-refractivity contribution in [2.75, 3.05) is 23.3 Å². The Morgan fingerprint density at radius 2 is 1.97 bits per heavy atom. The van der Waals surface area contributed by atoms with Crippen LogP contribution in [0.2, 0.25) is 5.02 Å². The molecule has 148 valence electrons. The van der Waals surface area contributed by atoms with Crippen LogP contribution in [0.1, 0.15) is 34.3 Å². The van der Waals surface area contributed by atoms with Gasteiger partial charge in [-0.2, -0.15) is 0 Å². The molecular formula is C22H19ClFN3O2. The van der Waals surface area contributed by atoms with Crippen LogP contribution >= 0.6 is 11.6 Å². The molecule has 1 aromatic heterocycles. The van der Waals surface area contributed by atoms with Crippen molar-refractivity contribution in [3.05, 3.63) is 63.4 Å². The van der Waals surface area contributed by atoms with E-state index in [1.54, 1.807) is 6.07 Å². The van der Waals surface area contributed by atoms with Gasteiger partial charge in [0.1, 0.15) is 17.0 Å². The molecular weight excluding hydrogens is 393 g/mol. The Morgan fingerprint density at radius 1 is 1.17 bits per heavy atom. The van der Waals surface area contributed by atoms with Crippen molar-refractivity contribution in [1.29, 1.82) is 5.41 Å². The summed E-state index contributed by atoms with van der Waals surface area (Å²) in [7, 11) is 0. The maximum atomic E-state index is 13.2. The molecule has 2 aliphatic heterocycles. The molecule has 0 saturated carbocycles. The Bertz CT molecular complexity index is 1220. The van der Waals surface area contributed by atoms with Crippen molar-refractivity contribution in [3.8, 4) is 0 Å². The number of halogens is 2. The van der Waals surface area contributed by atoms with Crippen LogP contribution in [-0.4, -0.2) is 19.0 Å². The monoisotopic (exact) mass is 411 g/mol. The first-order valence-corrected chi connectivity index (χ1v) is 10.1. The summed E-state index contributed by atoms with van der Waals surface area (Å²) in [5.74, 6) is -0.996. The normalized spacial score (nSPS) is 15.3. The lowest BCUT2D eigenvalue weighted by Crippen LogP contribution is -2.34. The number of carbonyl (C=O) groups is 1. The SMILES string of the molecule is N=c1oc2c3c4c(cc2cc1C(=O)Nc1ccc(F)cc1Cl)CCCN4CCC3. The van der Waals surface area contributed by atoms with E-state index in [1.807, 2.05) is 0 Å². The van der Waals surface area contributed by atoms with Gasteiger partial charge in [0.05, 0.1) is 10.7 Å². The molecule has 2 aliphatic rings. The summed E-state index contributed by atoms with van der Waals surface area (Å²) in [6.07, 6.45) is 4.09. The summed E-state index contributed by atoms with van der Waals surface area (Å²) >= 11 is 6.01. The van der Waals surface area contributed by atoms with Crippen LogP contribution in [0.4, 0.5) is 15.8 Å². The van der Waals surface area contributed by atoms with Crippen molar-refractivity contribution in [2.45, 2.75) is 25.7 Å². The molecule has 0 atom stereocenters. The Labute approximate surface area is 171 Å². The molecule has 2 aromatic carbocycles. The van der Waals surface area contributed by atoms with Crippen LogP contribution in [-0.2, 0) is 12.8 Å². The molecule has 0 saturated heterocycles. The molecule has 3 aromatic rings. The quantitative estimate of drug-likeness (QED) is 0.644. The number of anilines is 2. The van der Waals surface area contributed by atoms with Gasteiger partial charge >= 0.3 is 0 Å². The predicted octanol–water partition coefficient (Wildman–Crippen LogP) is 4.66. The molecule has 2 N–H and O–H groups in total. The van der Waals surface area contributed by atoms with E-state index in [0.29, 0.717) is 5.58 Å².